The van der Waals surface area contributed by atoms with Gasteiger partial charge in [0.2, 0.25) is 0 Å². The van der Waals surface area contributed by atoms with Crippen molar-refractivity contribution in [3.63, 3.8) is 0 Å². The Hall–Kier alpha value is -3.50. The van der Waals surface area contributed by atoms with Gasteiger partial charge < -0.3 is 55.2 Å². The SMILES string of the molecule is NCC(=O)OC(CCl)COc1ccc(C2(c3ccc(OC[C@@H](CCl)OC(=O)CN)cc3)c3ccccc3-c3ccccc32)cc1.[Cl-].[Cl-]. The van der Waals surface area contributed by atoms with Crippen LogP contribution in [0.25, 0.3) is 11.1 Å². The standard InChI is InChI=1S/C35H34Cl2N2O6.2ClH/c36-17-27(44-33(40)19-38)21-42-25-13-9-23(10-14-25)35(31-7-3-1-5-29(31)30-6-2-4-8-32(30)35)24-11-15-26(16-12-24)43-22-28(18-37)45-34(41)20-39;;/h1-16,27-28H,17-22,38-39H2;2*1H/p-2/t27-,28?;;/m1../s1. The second-order valence-electron chi connectivity index (χ2n) is 10.5. The van der Waals surface area contributed by atoms with E-state index in [0.29, 0.717) is 11.5 Å². The predicted octanol–water partition coefficient (Wildman–Crippen LogP) is -0.966. The average Bonchev–Trinajstić information content (AvgIpc) is 3.39. The molecular weight excluding hydrogens is 686 g/mol. The molecule has 0 aromatic heterocycles. The third-order valence-electron chi connectivity index (χ3n) is 7.67. The molecule has 4 aromatic carbocycles. The van der Waals surface area contributed by atoms with Crippen LogP contribution in [-0.4, -0.2) is 62.2 Å². The molecule has 0 saturated heterocycles. The predicted molar refractivity (Wildman–Crippen MR) is 174 cm³/mol. The van der Waals surface area contributed by atoms with Gasteiger partial charge in [-0.3, -0.25) is 9.59 Å². The number of halogens is 4. The molecule has 4 aromatic rings. The van der Waals surface area contributed by atoms with Crippen molar-refractivity contribution in [1.29, 1.82) is 0 Å². The number of carbonyl (C=O) groups is 2. The van der Waals surface area contributed by atoms with Crippen molar-refractivity contribution in [2.45, 2.75) is 17.6 Å². The van der Waals surface area contributed by atoms with Gasteiger partial charge in [0.15, 0.2) is 0 Å². The molecule has 12 heteroatoms. The van der Waals surface area contributed by atoms with Gasteiger partial charge in [-0.1, -0.05) is 72.8 Å². The Morgan fingerprint density at radius 1 is 0.596 bits per heavy atom. The summed E-state index contributed by atoms with van der Waals surface area (Å²) in [5.74, 6) is 0.327. The van der Waals surface area contributed by atoms with Crippen molar-refractivity contribution in [1.82, 2.24) is 0 Å². The number of fused-ring (bicyclic) bond motifs is 3. The second-order valence-corrected chi connectivity index (χ2v) is 11.1. The molecular formula is C35H34Cl4N2O6-2. The van der Waals surface area contributed by atoms with Crippen molar-refractivity contribution in [2.24, 2.45) is 11.5 Å². The Kier molecular flexibility index (Phi) is 14.2. The highest BCUT2D eigenvalue weighted by molar-refractivity contribution is 6.18. The van der Waals surface area contributed by atoms with Crippen molar-refractivity contribution >= 4 is 35.1 Å². The first-order valence-electron chi connectivity index (χ1n) is 14.5. The van der Waals surface area contributed by atoms with Gasteiger partial charge in [0, 0.05) is 0 Å². The van der Waals surface area contributed by atoms with E-state index in [4.69, 9.17) is 53.6 Å². The van der Waals surface area contributed by atoms with Crippen molar-refractivity contribution in [3.8, 4) is 22.6 Å². The van der Waals surface area contributed by atoms with Crippen LogP contribution < -0.4 is 45.8 Å². The molecule has 2 atom stereocenters. The van der Waals surface area contributed by atoms with Crippen molar-refractivity contribution < 1.29 is 53.4 Å². The average molecular weight is 720 g/mol. The first-order valence-corrected chi connectivity index (χ1v) is 15.6. The molecule has 0 saturated carbocycles. The van der Waals surface area contributed by atoms with Gasteiger partial charge in [-0.25, -0.2) is 0 Å². The summed E-state index contributed by atoms with van der Waals surface area (Å²) < 4.78 is 22.3. The van der Waals surface area contributed by atoms with E-state index >= 15 is 0 Å². The summed E-state index contributed by atoms with van der Waals surface area (Å²) in [5.41, 5.74) is 16.8. The minimum atomic E-state index is -0.630. The number of alkyl halides is 2. The zero-order valence-electron chi connectivity index (χ0n) is 25.3. The lowest BCUT2D eigenvalue weighted by atomic mass is 9.68. The van der Waals surface area contributed by atoms with E-state index in [0.717, 1.165) is 33.4 Å². The molecule has 1 aliphatic rings. The third-order valence-corrected chi connectivity index (χ3v) is 8.36. The first kappa shape index (κ1) is 38.0. The lowest BCUT2D eigenvalue weighted by Crippen LogP contribution is -3.00. The minimum absolute atomic E-state index is 0. The number of rotatable bonds is 14. The molecule has 4 N–H and O–H groups in total. The van der Waals surface area contributed by atoms with E-state index < -0.39 is 29.6 Å². The zero-order chi connectivity index (χ0) is 31.8. The number of carbonyl (C=O) groups excluding carboxylic acids is 2. The van der Waals surface area contributed by atoms with Crippen LogP contribution in [0, 0.1) is 0 Å². The van der Waals surface area contributed by atoms with Crippen LogP contribution in [0.2, 0.25) is 0 Å². The lowest BCUT2D eigenvalue weighted by molar-refractivity contribution is -0.148. The summed E-state index contributed by atoms with van der Waals surface area (Å²) in [7, 11) is 0. The Bertz CT molecular complexity index is 1500. The monoisotopic (exact) mass is 718 g/mol. The molecule has 0 spiro atoms. The molecule has 0 aliphatic heterocycles. The van der Waals surface area contributed by atoms with E-state index in [1.54, 1.807) is 0 Å². The quantitative estimate of drug-likeness (QED) is 0.111. The Labute approximate surface area is 296 Å². The van der Waals surface area contributed by atoms with Crippen LogP contribution in [0.15, 0.2) is 97.1 Å². The maximum absolute atomic E-state index is 11.6. The molecule has 1 aliphatic carbocycles. The van der Waals surface area contributed by atoms with E-state index in [9.17, 15) is 9.59 Å². The first-order chi connectivity index (χ1) is 21.9. The molecule has 0 heterocycles. The summed E-state index contributed by atoms with van der Waals surface area (Å²) in [5, 5.41) is 0. The van der Waals surface area contributed by atoms with Crippen LogP contribution in [0.4, 0.5) is 0 Å². The number of hydrogen-bond donors (Lipinski definition) is 2. The molecule has 0 fully saturated rings. The zero-order valence-corrected chi connectivity index (χ0v) is 28.3. The highest BCUT2D eigenvalue weighted by Gasteiger charge is 2.45. The third kappa shape index (κ3) is 8.15. The fourth-order valence-corrected chi connectivity index (χ4v) is 6.00. The van der Waals surface area contributed by atoms with Crippen LogP contribution in [0.3, 0.4) is 0 Å². The highest BCUT2D eigenvalue weighted by Crippen LogP contribution is 2.56. The number of nitrogens with two attached hydrogens (primary N) is 2. The van der Waals surface area contributed by atoms with Crippen LogP contribution in [-0.2, 0) is 24.5 Å². The number of ether oxygens (including phenoxy) is 4. The molecule has 1 unspecified atom stereocenters. The summed E-state index contributed by atoms with van der Waals surface area (Å²) in [4.78, 5) is 23.2. The van der Waals surface area contributed by atoms with Crippen molar-refractivity contribution in [3.05, 3.63) is 119 Å². The smallest absolute Gasteiger partial charge is 0.320 e. The molecule has 8 nitrogen and oxygen atoms in total. The van der Waals surface area contributed by atoms with Crippen LogP contribution in [0.1, 0.15) is 22.3 Å². The number of benzene rings is 4. The molecule has 250 valence electrons. The van der Waals surface area contributed by atoms with E-state index in [2.05, 4.69) is 72.8 Å². The molecule has 0 bridgehead atoms. The number of hydrogen-bond acceptors (Lipinski definition) is 8. The highest BCUT2D eigenvalue weighted by atomic mass is 35.5. The number of esters is 2. The fourth-order valence-electron chi connectivity index (χ4n) is 5.69. The molecule has 0 amide bonds. The van der Waals surface area contributed by atoms with Gasteiger partial charge in [0.25, 0.3) is 0 Å². The molecule has 5 rings (SSSR count). The molecule has 0 radical (unpaired) electrons. The Morgan fingerprint density at radius 2 is 0.957 bits per heavy atom. The second kappa shape index (κ2) is 17.6. The lowest BCUT2D eigenvalue weighted by Gasteiger charge is -2.34. The summed E-state index contributed by atoms with van der Waals surface area (Å²) in [6.45, 7) is -0.248. The van der Waals surface area contributed by atoms with Gasteiger partial charge in [-0.15, -0.1) is 23.2 Å². The Morgan fingerprint density at radius 3 is 1.30 bits per heavy atom. The largest absolute Gasteiger partial charge is 1.00 e. The van der Waals surface area contributed by atoms with E-state index in [1.165, 1.54) is 0 Å². The van der Waals surface area contributed by atoms with E-state index in [1.807, 2.05) is 24.3 Å². The topological polar surface area (TPSA) is 123 Å². The van der Waals surface area contributed by atoms with Crippen molar-refractivity contribution in [2.75, 3.05) is 38.1 Å². The Balaban J connectivity index is 0.00000300. The molecule has 47 heavy (non-hydrogen) atoms. The van der Waals surface area contributed by atoms with Gasteiger partial charge in [0.1, 0.15) is 36.9 Å². The van der Waals surface area contributed by atoms with Gasteiger partial charge in [-0.05, 0) is 57.6 Å². The van der Waals surface area contributed by atoms with E-state index in [-0.39, 0.29) is 62.9 Å². The summed E-state index contributed by atoms with van der Waals surface area (Å²) in [6.07, 6.45) is -1.23. The maximum atomic E-state index is 11.6. The normalized spacial score (nSPS) is 13.4. The van der Waals surface area contributed by atoms with Gasteiger partial charge in [-0.2, -0.15) is 0 Å². The van der Waals surface area contributed by atoms with Crippen LogP contribution in [0.5, 0.6) is 11.5 Å². The summed E-state index contributed by atoms with van der Waals surface area (Å²) >= 11 is 11.9. The minimum Gasteiger partial charge on any atom is -1.00 e. The van der Waals surface area contributed by atoms with Gasteiger partial charge >= 0.3 is 11.9 Å². The van der Waals surface area contributed by atoms with Gasteiger partial charge in [0.05, 0.1) is 30.3 Å². The fraction of sp³-hybridized carbons (Fsp3) is 0.257. The summed E-state index contributed by atoms with van der Waals surface area (Å²) in [6, 6.07) is 32.7. The van der Waals surface area contributed by atoms with Crippen LogP contribution >= 0.6 is 23.2 Å². The maximum Gasteiger partial charge on any atom is 0.320 e.